The Hall–Kier alpha value is -1.14. The van der Waals surface area contributed by atoms with E-state index in [0.717, 1.165) is 44.9 Å². The van der Waals surface area contributed by atoms with Crippen LogP contribution in [-0.2, 0) is 28.5 Å². The minimum Gasteiger partial charge on any atom is -0.460 e. The lowest BCUT2D eigenvalue weighted by atomic mass is 9.41. The third-order valence-corrected chi connectivity index (χ3v) is 15.7. The zero-order valence-corrected chi connectivity index (χ0v) is 29.5. The van der Waals surface area contributed by atoms with Crippen molar-refractivity contribution < 1.29 is 49.0 Å². The smallest absolute Gasteiger partial charge is 0.302 e. The van der Waals surface area contributed by atoms with Crippen LogP contribution in [-0.4, -0.2) is 93.4 Å². The van der Waals surface area contributed by atoms with Gasteiger partial charge in [0.1, 0.15) is 36.6 Å². The van der Waals surface area contributed by atoms with Crippen molar-refractivity contribution in [1.82, 2.24) is 0 Å². The van der Waals surface area contributed by atoms with E-state index >= 15 is 0 Å². The second-order valence-electron chi connectivity index (χ2n) is 18.4. The van der Waals surface area contributed by atoms with Gasteiger partial charge in [0, 0.05) is 18.3 Å². The van der Waals surface area contributed by atoms with Crippen molar-refractivity contribution in [2.75, 3.05) is 6.61 Å². The molecule has 2 saturated heterocycles. The van der Waals surface area contributed by atoms with Gasteiger partial charge in [-0.05, 0) is 105 Å². The molecular formula is C37H58O10. The predicted molar refractivity (Wildman–Crippen MR) is 170 cm³/mol. The number of carbonyl (C=O) groups is 2. The van der Waals surface area contributed by atoms with Gasteiger partial charge in [-0.1, -0.05) is 34.6 Å². The molecule has 10 nitrogen and oxygen atoms in total. The standard InChI is InChI=1S/C37H58O10/c1-18(15-21(45-19(2)38)30-33(5,6)47-30)25-27(41)29(43)35(8)23-10-9-22-32(3,4)24(46-31-28(42)26(40)20(39)16-44-31)11-12-36(22)17-37(23,36)14-13-34(25,35)7/h18,20-26,28-31,39-40,42-43H,9-17H2,1-8H3/t18-,20+,21-,22+,23+,24+,25+,26-,28+,29-,30+,31-,34-,35-,36-,37+/m1/s1. The molecule has 16 atom stereocenters. The quantitative estimate of drug-likeness (QED) is 0.181. The Morgan fingerprint density at radius 3 is 2.21 bits per heavy atom. The largest absolute Gasteiger partial charge is 0.460 e. The maximum Gasteiger partial charge on any atom is 0.302 e. The summed E-state index contributed by atoms with van der Waals surface area (Å²) in [6.45, 7) is 16.4. The third kappa shape index (κ3) is 4.53. The van der Waals surface area contributed by atoms with Crippen LogP contribution >= 0.6 is 0 Å². The molecule has 4 N–H and O–H groups in total. The number of ether oxygens (including phenoxy) is 4. The maximum absolute atomic E-state index is 14.2. The topological polar surface area (TPSA) is 155 Å². The van der Waals surface area contributed by atoms with Gasteiger partial charge in [-0.25, -0.2) is 0 Å². The maximum atomic E-state index is 14.2. The van der Waals surface area contributed by atoms with Crippen LogP contribution in [0.25, 0.3) is 0 Å². The second-order valence-corrected chi connectivity index (χ2v) is 18.4. The van der Waals surface area contributed by atoms with Crippen LogP contribution in [0.4, 0.5) is 0 Å². The molecular weight excluding hydrogens is 604 g/mol. The van der Waals surface area contributed by atoms with E-state index in [-0.39, 0.29) is 75.6 Å². The Bertz CT molecular complexity index is 1300. The van der Waals surface area contributed by atoms with Gasteiger partial charge in [0.2, 0.25) is 0 Å². The minimum absolute atomic E-state index is 0.0512. The number of fused-ring (bicyclic) bond motifs is 2. The highest BCUT2D eigenvalue weighted by Crippen LogP contribution is 2.89. The molecule has 0 aromatic heterocycles. The molecule has 0 aromatic rings. The molecule has 2 heterocycles. The van der Waals surface area contributed by atoms with Crippen LogP contribution in [0.2, 0.25) is 0 Å². The van der Waals surface area contributed by atoms with Crippen LogP contribution in [0.15, 0.2) is 0 Å². The van der Waals surface area contributed by atoms with E-state index < -0.39 is 42.2 Å². The summed E-state index contributed by atoms with van der Waals surface area (Å²) in [5.41, 5.74) is -1.34. The van der Waals surface area contributed by atoms with Crippen LogP contribution in [0, 0.1) is 50.7 Å². The first-order chi connectivity index (χ1) is 21.8. The number of esters is 1. The lowest BCUT2D eigenvalue weighted by Gasteiger charge is -2.63. The first-order valence-corrected chi connectivity index (χ1v) is 18.2. The molecule has 2 spiro atoms. The molecule has 2 aliphatic heterocycles. The van der Waals surface area contributed by atoms with Gasteiger partial charge in [-0.2, -0.15) is 0 Å². The van der Waals surface area contributed by atoms with E-state index in [2.05, 4.69) is 34.6 Å². The number of ketones is 1. The Balaban J connectivity index is 1.12. The normalized spacial score (nSPS) is 53.5. The number of hydrogen-bond acceptors (Lipinski definition) is 10. The minimum atomic E-state index is -1.31. The second kappa shape index (κ2) is 10.7. The summed E-state index contributed by atoms with van der Waals surface area (Å²) in [6, 6.07) is 0. The monoisotopic (exact) mass is 662 g/mol. The number of aliphatic hydroxyl groups is 4. The molecule has 5 saturated carbocycles. The van der Waals surface area contributed by atoms with Crippen LogP contribution < -0.4 is 0 Å². The molecule has 5 aliphatic carbocycles. The molecule has 0 bridgehead atoms. The number of carbonyl (C=O) groups excluding carboxylic acids is 2. The number of hydrogen-bond donors (Lipinski definition) is 4. The SMILES string of the molecule is CC(=O)O[C@H](C[C@@H](C)[C@H]1C(=O)[C@@H](O)[C@@]2(C)[C@@H]3CC[C@H]4C(C)(C)[C@@H](O[C@H]5OC[C@H](O)[C@@H](O)[C@@H]5O)CC[C@@]45C[C@@]35CC[C@]12C)[C@@H]1OC1(C)C. The van der Waals surface area contributed by atoms with Crippen LogP contribution in [0.5, 0.6) is 0 Å². The van der Waals surface area contributed by atoms with E-state index in [9.17, 15) is 30.0 Å². The first kappa shape index (κ1) is 34.3. The number of aliphatic hydroxyl groups excluding tert-OH is 4. The van der Waals surface area contributed by atoms with Gasteiger partial charge in [0.05, 0.1) is 18.3 Å². The average molecular weight is 663 g/mol. The summed E-state index contributed by atoms with van der Waals surface area (Å²) in [5, 5.41) is 42.8. The van der Waals surface area contributed by atoms with Crippen molar-refractivity contribution in [1.29, 1.82) is 0 Å². The van der Waals surface area contributed by atoms with Crippen molar-refractivity contribution in [3.63, 3.8) is 0 Å². The number of rotatable bonds is 7. The third-order valence-electron chi connectivity index (χ3n) is 15.7. The van der Waals surface area contributed by atoms with Gasteiger partial charge < -0.3 is 39.4 Å². The molecule has 266 valence electrons. The van der Waals surface area contributed by atoms with Gasteiger partial charge in [-0.15, -0.1) is 0 Å². The predicted octanol–water partition coefficient (Wildman–Crippen LogP) is 3.53. The van der Waals surface area contributed by atoms with Gasteiger partial charge >= 0.3 is 5.97 Å². The van der Waals surface area contributed by atoms with Crippen LogP contribution in [0.3, 0.4) is 0 Å². The lowest BCUT2D eigenvalue weighted by molar-refractivity contribution is -0.303. The van der Waals surface area contributed by atoms with Gasteiger partial charge in [0.15, 0.2) is 12.1 Å². The van der Waals surface area contributed by atoms with Crippen molar-refractivity contribution in [2.24, 2.45) is 50.7 Å². The summed E-state index contributed by atoms with van der Waals surface area (Å²) in [6.07, 6.45) is 0.666. The Kier molecular flexibility index (Phi) is 7.80. The van der Waals surface area contributed by atoms with Crippen LogP contribution in [0.1, 0.15) is 107 Å². The fourth-order valence-electron chi connectivity index (χ4n) is 13.2. The first-order valence-electron chi connectivity index (χ1n) is 18.2. The van der Waals surface area contributed by atoms with E-state index in [0.29, 0.717) is 12.3 Å². The fourth-order valence-corrected chi connectivity index (χ4v) is 13.2. The van der Waals surface area contributed by atoms with Gasteiger partial charge in [-0.3, -0.25) is 9.59 Å². The van der Waals surface area contributed by atoms with Crippen molar-refractivity contribution in [3.05, 3.63) is 0 Å². The highest BCUT2D eigenvalue weighted by atomic mass is 16.7. The Morgan fingerprint density at radius 2 is 1.57 bits per heavy atom. The Morgan fingerprint density at radius 1 is 0.936 bits per heavy atom. The van der Waals surface area contributed by atoms with E-state index in [4.69, 9.17) is 18.9 Å². The fraction of sp³-hybridized carbons (Fsp3) is 0.946. The summed E-state index contributed by atoms with van der Waals surface area (Å²) >= 11 is 0. The van der Waals surface area contributed by atoms with E-state index in [1.807, 2.05) is 13.8 Å². The summed E-state index contributed by atoms with van der Waals surface area (Å²) < 4.78 is 23.7. The molecule has 0 aromatic carbocycles. The zero-order chi connectivity index (χ0) is 34.3. The highest BCUT2D eigenvalue weighted by molar-refractivity contribution is 5.90. The van der Waals surface area contributed by atoms with Crippen molar-refractivity contribution in [3.8, 4) is 0 Å². The summed E-state index contributed by atoms with van der Waals surface area (Å²) in [5.74, 6) is -0.211. The van der Waals surface area contributed by atoms with Gasteiger partial charge in [0.25, 0.3) is 0 Å². The molecule has 47 heavy (non-hydrogen) atoms. The molecule has 7 fully saturated rings. The molecule has 7 rings (SSSR count). The molecule has 0 amide bonds. The highest BCUT2D eigenvalue weighted by Gasteiger charge is 2.84. The molecule has 7 aliphatic rings. The number of epoxide rings is 1. The van der Waals surface area contributed by atoms with E-state index in [1.165, 1.54) is 6.92 Å². The van der Waals surface area contributed by atoms with Crippen molar-refractivity contribution >= 4 is 11.8 Å². The lowest BCUT2D eigenvalue weighted by Crippen LogP contribution is -2.61. The Labute approximate surface area is 279 Å². The molecule has 0 radical (unpaired) electrons. The average Bonchev–Trinajstić information content (AvgIpc) is 3.84. The van der Waals surface area contributed by atoms with Crippen molar-refractivity contribution in [2.45, 2.75) is 161 Å². The van der Waals surface area contributed by atoms with E-state index in [1.54, 1.807) is 0 Å². The number of Topliss-reactive ketones (excluding diaryl/α,β-unsaturated/α-hetero) is 1. The summed E-state index contributed by atoms with van der Waals surface area (Å²) in [4.78, 5) is 26.3. The zero-order valence-electron chi connectivity index (χ0n) is 29.5. The molecule has 0 unspecified atom stereocenters. The molecule has 10 heteroatoms. The summed E-state index contributed by atoms with van der Waals surface area (Å²) in [7, 11) is 0.